The Kier molecular flexibility index (Phi) is 8.70. The van der Waals surface area contributed by atoms with Gasteiger partial charge in [-0.15, -0.1) is 0 Å². The molecule has 2 N–H and O–H groups in total. The van der Waals surface area contributed by atoms with Crippen molar-refractivity contribution in [2.24, 2.45) is 0 Å². The Labute approximate surface area is 158 Å². The fourth-order valence-corrected chi connectivity index (χ4v) is 3.56. The van der Waals surface area contributed by atoms with Crippen LogP contribution in [0.15, 0.2) is 29.2 Å². The second-order valence-electron chi connectivity index (χ2n) is 6.19. The van der Waals surface area contributed by atoms with Crippen LogP contribution in [-0.4, -0.2) is 57.6 Å². The highest BCUT2D eigenvalue weighted by Crippen LogP contribution is 2.16. The number of hydrogen-bond donors (Lipinski definition) is 2. The zero-order chi connectivity index (χ0) is 20.7. The fraction of sp³-hybridized carbons (Fsp3) is 0.588. The first kappa shape index (κ1) is 23.4. The quantitative estimate of drug-likeness (QED) is 0.622. The molecule has 0 fully saturated rings. The number of likely N-dealkylation sites (N-methyl/N-ethyl adjacent to an activating group) is 1. The highest BCUT2D eigenvalue weighted by atomic mass is 32.2. The Morgan fingerprint density at radius 3 is 2.26 bits per heavy atom. The monoisotopic (exact) mass is 409 g/mol. The molecule has 6 nitrogen and oxygen atoms in total. The third-order valence-electron chi connectivity index (χ3n) is 3.96. The van der Waals surface area contributed by atoms with E-state index in [4.69, 9.17) is 0 Å². The maximum absolute atomic E-state index is 12.4. The summed E-state index contributed by atoms with van der Waals surface area (Å²) >= 11 is 0. The summed E-state index contributed by atoms with van der Waals surface area (Å²) in [4.78, 5) is 13.3. The molecule has 0 aliphatic carbocycles. The number of nitrogens with one attached hydrogen (secondary N) is 2. The Hall–Kier alpha value is -1.65. The van der Waals surface area contributed by atoms with Gasteiger partial charge in [-0.1, -0.05) is 13.8 Å². The van der Waals surface area contributed by atoms with Crippen molar-refractivity contribution in [3.05, 3.63) is 29.8 Å². The summed E-state index contributed by atoms with van der Waals surface area (Å²) in [5.41, 5.74) is 0.233. The van der Waals surface area contributed by atoms with Crippen LogP contribution in [0.3, 0.4) is 0 Å². The smallest absolute Gasteiger partial charge is 0.351 e. The van der Waals surface area contributed by atoms with E-state index in [0.29, 0.717) is 6.42 Å². The van der Waals surface area contributed by atoms with Gasteiger partial charge in [0.05, 0.1) is 11.4 Å². The summed E-state index contributed by atoms with van der Waals surface area (Å²) in [6.07, 6.45) is -3.65. The number of hydrogen-bond acceptors (Lipinski definition) is 4. The lowest BCUT2D eigenvalue weighted by Crippen LogP contribution is -2.39. The van der Waals surface area contributed by atoms with Gasteiger partial charge in [-0.3, -0.25) is 9.69 Å². The Bertz CT molecular complexity index is 706. The van der Waals surface area contributed by atoms with Crippen molar-refractivity contribution in [1.29, 1.82) is 0 Å². The zero-order valence-electron chi connectivity index (χ0n) is 15.6. The number of benzene rings is 1. The van der Waals surface area contributed by atoms with Crippen LogP contribution in [0.25, 0.3) is 0 Å². The van der Waals surface area contributed by atoms with Gasteiger partial charge in [-0.2, -0.15) is 13.2 Å². The van der Waals surface area contributed by atoms with Crippen molar-refractivity contribution in [1.82, 2.24) is 14.9 Å². The van der Waals surface area contributed by atoms with Gasteiger partial charge in [0.25, 0.3) is 5.91 Å². The minimum atomic E-state index is -4.29. The van der Waals surface area contributed by atoms with Crippen molar-refractivity contribution in [3.63, 3.8) is 0 Å². The van der Waals surface area contributed by atoms with Crippen molar-refractivity contribution >= 4 is 15.9 Å². The van der Waals surface area contributed by atoms with E-state index in [1.54, 1.807) is 13.8 Å². The minimum Gasteiger partial charge on any atom is -0.351 e. The molecular weight excluding hydrogens is 383 g/mol. The van der Waals surface area contributed by atoms with Crippen molar-refractivity contribution in [2.45, 2.75) is 44.3 Å². The number of alkyl halides is 3. The lowest BCUT2D eigenvalue weighted by atomic mass is 10.2. The SMILES string of the molecule is CC[C@H](C)NS(=O)(=O)c1ccc(C(=O)NCCN(CC)CC(F)(F)F)cc1. The molecule has 1 aromatic carbocycles. The van der Waals surface area contributed by atoms with E-state index in [-0.39, 0.29) is 36.1 Å². The summed E-state index contributed by atoms with van der Waals surface area (Å²) in [6, 6.07) is 5.17. The first-order chi connectivity index (χ1) is 12.5. The highest BCUT2D eigenvalue weighted by Gasteiger charge is 2.29. The van der Waals surface area contributed by atoms with Gasteiger partial charge in [0, 0.05) is 24.7 Å². The Morgan fingerprint density at radius 2 is 1.78 bits per heavy atom. The maximum atomic E-state index is 12.4. The number of carbonyl (C=O) groups excluding carboxylic acids is 1. The van der Waals surface area contributed by atoms with Crippen LogP contribution in [0.4, 0.5) is 13.2 Å². The molecule has 0 bridgehead atoms. The molecule has 0 aromatic heterocycles. The summed E-state index contributed by atoms with van der Waals surface area (Å²) in [5.74, 6) is -0.475. The first-order valence-corrected chi connectivity index (χ1v) is 10.2. The minimum absolute atomic E-state index is 0.0432. The third kappa shape index (κ3) is 8.27. The lowest BCUT2D eigenvalue weighted by molar-refractivity contribution is -0.145. The Morgan fingerprint density at radius 1 is 1.19 bits per heavy atom. The van der Waals surface area contributed by atoms with E-state index < -0.39 is 28.7 Å². The molecule has 1 atom stereocenters. The number of halogens is 3. The van der Waals surface area contributed by atoms with Crippen LogP contribution in [0.1, 0.15) is 37.6 Å². The summed E-state index contributed by atoms with van der Waals surface area (Å²) in [7, 11) is -3.66. The number of nitrogens with zero attached hydrogens (tertiary/aromatic N) is 1. The molecule has 27 heavy (non-hydrogen) atoms. The second kappa shape index (κ2) is 10.0. The standard InChI is InChI=1S/C17H26F3N3O3S/c1-4-13(3)22-27(25,26)15-8-6-14(7-9-15)16(24)21-10-11-23(5-2)12-17(18,19)20/h6-9,13,22H,4-5,10-12H2,1-3H3,(H,21,24)/t13-/m0/s1. The molecule has 10 heteroatoms. The van der Waals surface area contributed by atoms with Crippen LogP contribution in [0.2, 0.25) is 0 Å². The number of amides is 1. The molecular formula is C17H26F3N3O3S. The summed E-state index contributed by atoms with van der Waals surface area (Å²) < 4.78 is 64.0. The molecule has 0 radical (unpaired) electrons. The van der Waals surface area contributed by atoms with E-state index in [9.17, 15) is 26.4 Å². The molecule has 0 heterocycles. The predicted octanol–water partition coefficient (Wildman–Crippen LogP) is 2.38. The molecule has 154 valence electrons. The number of rotatable bonds is 10. The van der Waals surface area contributed by atoms with Crippen LogP contribution < -0.4 is 10.0 Å². The van der Waals surface area contributed by atoms with Gasteiger partial charge < -0.3 is 5.32 Å². The second-order valence-corrected chi connectivity index (χ2v) is 7.91. The van der Waals surface area contributed by atoms with E-state index >= 15 is 0 Å². The zero-order valence-corrected chi connectivity index (χ0v) is 16.5. The van der Waals surface area contributed by atoms with E-state index in [0.717, 1.165) is 0 Å². The van der Waals surface area contributed by atoms with Gasteiger partial charge in [0.2, 0.25) is 10.0 Å². The van der Waals surface area contributed by atoms with E-state index in [2.05, 4.69) is 10.0 Å². The van der Waals surface area contributed by atoms with Crippen molar-refractivity contribution in [2.75, 3.05) is 26.2 Å². The average molecular weight is 409 g/mol. The van der Waals surface area contributed by atoms with Gasteiger partial charge >= 0.3 is 6.18 Å². The van der Waals surface area contributed by atoms with Crippen LogP contribution in [-0.2, 0) is 10.0 Å². The van der Waals surface area contributed by atoms with Crippen molar-refractivity contribution in [3.8, 4) is 0 Å². The number of carbonyl (C=O) groups is 1. The van der Waals surface area contributed by atoms with Gasteiger partial charge in [0.1, 0.15) is 0 Å². The Balaban J connectivity index is 2.62. The van der Waals surface area contributed by atoms with Crippen LogP contribution in [0, 0.1) is 0 Å². The summed E-state index contributed by atoms with van der Waals surface area (Å²) in [5, 5.41) is 2.54. The number of sulfonamides is 1. The first-order valence-electron chi connectivity index (χ1n) is 8.68. The molecule has 0 saturated heterocycles. The average Bonchev–Trinajstić information content (AvgIpc) is 2.59. The van der Waals surface area contributed by atoms with Crippen LogP contribution >= 0.6 is 0 Å². The maximum Gasteiger partial charge on any atom is 0.401 e. The molecule has 0 unspecified atom stereocenters. The topological polar surface area (TPSA) is 78.5 Å². The normalized spacial score (nSPS) is 13.6. The molecule has 0 saturated carbocycles. The highest BCUT2D eigenvalue weighted by molar-refractivity contribution is 7.89. The van der Waals surface area contributed by atoms with Gasteiger partial charge in [-0.25, -0.2) is 13.1 Å². The molecule has 0 aliphatic rings. The largest absolute Gasteiger partial charge is 0.401 e. The molecule has 0 spiro atoms. The van der Waals surface area contributed by atoms with Gasteiger partial charge in [-0.05, 0) is 44.2 Å². The van der Waals surface area contributed by atoms with Crippen LogP contribution in [0.5, 0.6) is 0 Å². The molecule has 1 aromatic rings. The molecule has 0 aliphatic heterocycles. The predicted molar refractivity (Wildman–Crippen MR) is 97.0 cm³/mol. The third-order valence-corrected chi connectivity index (χ3v) is 5.56. The van der Waals surface area contributed by atoms with Crippen molar-refractivity contribution < 1.29 is 26.4 Å². The molecule has 1 rings (SSSR count). The summed E-state index contributed by atoms with van der Waals surface area (Å²) in [6.45, 7) is 4.51. The van der Waals surface area contributed by atoms with Gasteiger partial charge in [0.15, 0.2) is 0 Å². The lowest BCUT2D eigenvalue weighted by Gasteiger charge is -2.21. The molecule has 1 amide bonds. The fourth-order valence-electron chi connectivity index (χ4n) is 2.23. The van der Waals surface area contributed by atoms with E-state index in [1.807, 2.05) is 6.92 Å². The van der Waals surface area contributed by atoms with E-state index in [1.165, 1.54) is 29.2 Å².